The molecular formula is C32H36N4O2. The van der Waals surface area contributed by atoms with Gasteiger partial charge in [0.05, 0.1) is 17.3 Å². The molecule has 0 saturated carbocycles. The van der Waals surface area contributed by atoms with Gasteiger partial charge < -0.3 is 15.0 Å². The summed E-state index contributed by atoms with van der Waals surface area (Å²) in [5, 5.41) is 11.9. The van der Waals surface area contributed by atoms with Crippen molar-refractivity contribution in [3.05, 3.63) is 83.9 Å². The third kappa shape index (κ3) is 4.81. The molecule has 6 heteroatoms. The van der Waals surface area contributed by atoms with E-state index < -0.39 is 0 Å². The number of carbonyl (C=O) groups is 1. The molecule has 3 heterocycles. The normalized spacial score (nSPS) is 22.1. The van der Waals surface area contributed by atoms with Gasteiger partial charge in [0.15, 0.2) is 0 Å². The molecular weight excluding hydrogens is 472 g/mol. The van der Waals surface area contributed by atoms with Crippen LogP contribution in [0.3, 0.4) is 0 Å². The summed E-state index contributed by atoms with van der Waals surface area (Å²) in [6.45, 7) is 4.25. The summed E-state index contributed by atoms with van der Waals surface area (Å²) < 4.78 is 6.38. The van der Waals surface area contributed by atoms with Crippen LogP contribution in [0.15, 0.2) is 72.8 Å². The molecule has 6 rings (SSSR count). The summed E-state index contributed by atoms with van der Waals surface area (Å²) >= 11 is 0. The van der Waals surface area contributed by atoms with E-state index >= 15 is 0 Å². The molecule has 1 aromatic heterocycles. The van der Waals surface area contributed by atoms with Crippen molar-refractivity contribution in [2.75, 3.05) is 7.05 Å². The number of rotatable bonds is 7. The van der Waals surface area contributed by atoms with E-state index in [1.165, 1.54) is 12.8 Å². The third-order valence-electron chi connectivity index (χ3n) is 8.42. The first-order valence-electron chi connectivity index (χ1n) is 13.8. The topological polar surface area (TPSA) is 70.2 Å². The van der Waals surface area contributed by atoms with Gasteiger partial charge in [0, 0.05) is 28.6 Å². The minimum absolute atomic E-state index is 0.0597. The van der Waals surface area contributed by atoms with E-state index in [4.69, 9.17) is 4.74 Å². The van der Waals surface area contributed by atoms with Crippen molar-refractivity contribution in [3.63, 3.8) is 0 Å². The Bertz CT molecular complexity index is 1400. The zero-order valence-corrected chi connectivity index (χ0v) is 22.4. The van der Waals surface area contributed by atoms with Gasteiger partial charge in [-0.15, -0.1) is 0 Å². The van der Waals surface area contributed by atoms with Crippen molar-refractivity contribution in [1.82, 2.24) is 20.4 Å². The maximum absolute atomic E-state index is 13.3. The number of nitrogens with one attached hydrogen (secondary N) is 2. The number of nitrogens with zero attached hydrogens (tertiary/aromatic N) is 2. The lowest BCUT2D eigenvalue weighted by molar-refractivity contribution is 0.0662. The molecule has 2 fully saturated rings. The largest absolute Gasteiger partial charge is 0.490 e. The average molecular weight is 509 g/mol. The monoisotopic (exact) mass is 508 g/mol. The van der Waals surface area contributed by atoms with Crippen LogP contribution in [0, 0.1) is 5.92 Å². The fraction of sp³-hybridized carbons (Fsp3) is 0.375. The first-order chi connectivity index (χ1) is 18.5. The Labute approximate surface area is 224 Å². The van der Waals surface area contributed by atoms with E-state index in [1.54, 1.807) is 0 Å². The highest BCUT2D eigenvalue weighted by Crippen LogP contribution is 2.36. The van der Waals surface area contributed by atoms with Crippen LogP contribution in [-0.4, -0.2) is 46.2 Å². The van der Waals surface area contributed by atoms with Gasteiger partial charge in [-0.2, -0.15) is 5.10 Å². The number of H-pyrrole nitrogens is 1. The zero-order valence-electron chi connectivity index (χ0n) is 22.4. The first-order valence-corrected chi connectivity index (χ1v) is 13.8. The maximum atomic E-state index is 13.3. The second-order valence-electron chi connectivity index (χ2n) is 11.2. The molecule has 2 aliphatic rings. The second-order valence-corrected chi connectivity index (χ2v) is 11.2. The lowest BCUT2D eigenvalue weighted by atomic mass is 9.95. The van der Waals surface area contributed by atoms with Crippen molar-refractivity contribution in [3.8, 4) is 17.0 Å². The van der Waals surface area contributed by atoms with Crippen LogP contribution < -0.4 is 10.1 Å². The van der Waals surface area contributed by atoms with E-state index in [1.807, 2.05) is 48.5 Å². The Hall–Kier alpha value is -3.64. The number of hydrogen-bond donors (Lipinski definition) is 2. The molecule has 2 saturated heterocycles. The molecule has 4 aromatic rings. The molecule has 0 radical (unpaired) electrons. The molecule has 2 N–H and O–H groups in total. The van der Waals surface area contributed by atoms with Gasteiger partial charge in [-0.25, -0.2) is 0 Å². The Kier molecular flexibility index (Phi) is 6.66. The molecule has 2 unspecified atom stereocenters. The Morgan fingerprint density at radius 2 is 1.71 bits per heavy atom. The number of fused-ring (bicyclic) bond motifs is 3. The number of aromatic amines is 1. The van der Waals surface area contributed by atoms with Crippen LogP contribution in [0.25, 0.3) is 22.2 Å². The fourth-order valence-corrected chi connectivity index (χ4v) is 6.24. The predicted octanol–water partition coefficient (Wildman–Crippen LogP) is 6.36. The minimum atomic E-state index is -0.0857. The smallest absolute Gasteiger partial charge is 0.251 e. The van der Waals surface area contributed by atoms with Crippen molar-refractivity contribution in [2.45, 2.75) is 63.8 Å². The van der Waals surface area contributed by atoms with Crippen molar-refractivity contribution in [2.24, 2.45) is 5.92 Å². The number of piperidine rings is 1. The molecule has 196 valence electrons. The quantitative estimate of drug-likeness (QED) is 0.305. The van der Waals surface area contributed by atoms with E-state index in [2.05, 4.69) is 65.6 Å². The number of amides is 1. The SMILES string of the molecule is CC(C)C(NC(=O)c1ccc2[nH]nc(-c3ccc(OC4C[C@H]5CC[C@@H](C4)N5C)cc3)c2c1)c1ccccc1. The third-order valence-corrected chi connectivity index (χ3v) is 8.42. The number of carbonyl (C=O) groups excluding carboxylic acids is 1. The highest BCUT2D eigenvalue weighted by atomic mass is 16.5. The van der Waals surface area contributed by atoms with Gasteiger partial charge in [0.1, 0.15) is 11.9 Å². The van der Waals surface area contributed by atoms with Crippen molar-refractivity contribution in [1.29, 1.82) is 0 Å². The Morgan fingerprint density at radius 1 is 1.00 bits per heavy atom. The predicted molar refractivity (Wildman–Crippen MR) is 151 cm³/mol. The van der Waals surface area contributed by atoms with Crippen molar-refractivity contribution >= 4 is 16.8 Å². The molecule has 1 amide bonds. The summed E-state index contributed by atoms with van der Waals surface area (Å²) in [7, 11) is 2.25. The van der Waals surface area contributed by atoms with Gasteiger partial charge in [-0.1, -0.05) is 44.2 Å². The first kappa shape index (κ1) is 24.7. The molecule has 6 nitrogen and oxygen atoms in total. The average Bonchev–Trinajstić information content (AvgIpc) is 3.43. The van der Waals surface area contributed by atoms with Gasteiger partial charge in [0.2, 0.25) is 0 Å². The highest BCUT2D eigenvalue weighted by Gasteiger charge is 2.39. The van der Waals surface area contributed by atoms with Gasteiger partial charge in [-0.3, -0.25) is 9.89 Å². The number of aromatic nitrogens is 2. The Morgan fingerprint density at radius 3 is 2.39 bits per heavy atom. The van der Waals surface area contributed by atoms with E-state index in [-0.39, 0.29) is 24.0 Å². The van der Waals surface area contributed by atoms with Crippen LogP contribution in [0.5, 0.6) is 5.75 Å². The minimum Gasteiger partial charge on any atom is -0.490 e. The summed E-state index contributed by atoms with van der Waals surface area (Å²) in [4.78, 5) is 15.8. The molecule has 2 bridgehead atoms. The standard InChI is InChI=1S/C32H36N4O2/c1-20(2)30(21-7-5-4-6-8-21)33-32(37)23-11-16-29-28(17-23)31(35-34-29)22-9-14-26(15-10-22)38-27-18-24-12-13-25(19-27)36(24)3/h4-11,14-17,20,24-25,27,30H,12-13,18-19H2,1-3H3,(H,33,37)(H,34,35)/t24-,25+,27?,30?. The summed E-state index contributed by atoms with van der Waals surface area (Å²) in [6.07, 6.45) is 5.07. The maximum Gasteiger partial charge on any atom is 0.251 e. The van der Waals surface area contributed by atoms with Gasteiger partial charge in [-0.05, 0) is 86.7 Å². The van der Waals surface area contributed by atoms with E-state index in [0.717, 1.165) is 46.3 Å². The zero-order chi connectivity index (χ0) is 26.2. The molecule has 2 aliphatic heterocycles. The summed E-state index contributed by atoms with van der Waals surface area (Å²) in [5.74, 6) is 1.08. The van der Waals surface area contributed by atoms with Gasteiger partial charge >= 0.3 is 0 Å². The van der Waals surface area contributed by atoms with Crippen LogP contribution in [0.1, 0.15) is 61.5 Å². The van der Waals surface area contributed by atoms with Crippen LogP contribution >= 0.6 is 0 Å². The molecule has 3 aromatic carbocycles. The molecule has 38 heavy (non-hydrogen) atoms. The molecule has 0 aliphatic carbocycles. The van der Waals surface area contributed by atoms with Crippen LogP contribution in [-0.2, 0) is 0 Å². The lowest BCUT2D eigenvalue weighted by Gasteiger charge is -2.36. The highest BCUT2D eigenvalue weighted by molar-refractivity contribution is 6.01. The lowest BCUT2D eigenvalue weighted by Crippen LogP contribution is -2.43. The Balaban J connectivity index is 1.19. The molecule has 0 spiro atoms. The van der Waals surface area contributed by atoms with Crippen molar-refractivity contribution < 1.29 is 9.53 Å². The number of benzene rings is 3. The van der Waals surface area contributed by atoms with Gasteiger partial charge in [0.25, 0.3) is 5.91 Å². The fourth-order valence-electron chi connectivity index (χ4n) is 6.24. The van der Waals surface area contributed by atoms with E-state index in [0.29, 0.717) is 17.6 Å². The summed E-state index contributed by atoms with van der Waals surface area (Å²) in [6, 6.07) is 25.3. The second kappa shape index (κ2) is 10.3. The van der Waals surface area contributed by atoms with Crippen LogP contribution in [0.4, 0.5) is 0 Å². The number of ether oxygens (including phenoxy) is 1. The number of hydrogen-bond acceptors (Lipinski definition) is 4. The summed E-state index contributed by atoms with van der Waals surface area (Å²) in [5.41, 5.74) is 4.47. The molecule has 4 atom stereocenters. The van der Waals surface area contributed by atoms with Crippen LogP contribution in [0.2, 0.25) is 0 Å². The van der Waals surface area contributed by atoms with E-state index in [9.17, 15) is 4.79 Å².